The average molecular weight is 311 g/mol. The number of nitrogens with zero attached hydrogens (tertiary/aromatic N) is 2. The van der Waals surface area contributed by atoms with Crippen molar-refractivity contribution in [1.29, 1.82) is 0 Å². The Kier molecular flexibility index (Phi) is 3.82. The van der Waals surface area contributed by atoms with Crippen LogP contribution in [0.1, 0.15) is 12.5 Å². The van der Waals surface area contributed by atoms with E-state index < -0.39 is 21.9 Å². The summed E-state index contributed by atoms with van der Waals surface area (Å²) in [6.07, 6.45) is 1.15. The normalized spacial score (nSPS) is 17.0. The van der Waals surface area contributed by atoms with Gasteiger partial charge in [-0.25, -0.2) is 4.39 Å². The number of rotatable bonds is 2. The van der Waals surface area contributed by atoms with Crippen LogP contribution in [0.15, 0.2) is 34.4 Å². The average Bonchev–Trinajstić information content (AvgIpc) is 2.37. The summed E-state index contributed by atoms with van der Waals surface area (Å²) in [7, 11) is -2.50. The van der Waals surface area contributed by atoms with Crippen molar-refractivity contribution in [2.75, 3.05) is 12.4 Å². The number of aryl methyl sites for hydroxylation is 1. The zero-order chi connectivity index (χ0) is 15.8. The highest BCUT2D eigenvalue weighted by Gasteiger charge is 2.25. The number of carbonyl (C=O) groups is 1. The molecule has 1 heterocycles. The predicted molar refractivity (Wildman–Crippen MR) is 77.6 cm³/mol. The van der Waals surface area contributed by atoms with Crippen molar-refractivity contribution < 1.29 is 17.6 Å². The number of carbonyl (C=O) groups excluding carboxylic acids is 1. The van der Waals surface area contributed by atoms with Crippen molar-refractivity contribution in [2.24, 2.45) is 4.40 Å². The zero-order valence-electron chi connectivity index (χ0n) is 11.7. The topological polar surface area (TPSA) is 78.8 Å². The van der Waals surface area contributed by atoms with Crippen LogP contribution in [0, 0.1) is 12.7 Å². The van der Waals surface area contributed by atoms with Crippen molar-refractivity contribution in [3.8, 4) is 0 Å². The Morgan fingerprint density at radius 2 is 2.00 bits per heavy atom. The Bertz CT molecular complexity index is 769. The minimum Gasteiger partial charge on any atom is -0.319 e. The van der Waals surface area contributed by atoms with Gasteiger partial charge in [-0.05, 0) is 31.5 Å². The number of nitrogens with one attached hydrogen (secondary N) is 1. The van der Waals surface area contributed by atoms with Gasteiger partial charge in [-0.15, -0.1) is 4.40 Å². The van der Waals surface area contributed by atoms with E-state index in [-0.39, 0.29) is 17.0 Å². The lowest BCUT2D eigenvalue weighted by atomic mass is 10.1. The molecule has 112 valence electrons. The van der Waals surface area contributed by atoms with Gasteiger partial charge in [-0.3, -0.25) is 9.10 Å². The second-order valence-electron chi connectivity index (χ2n) is 4.65. The summed E-state index contributed by atoms with van der Waals surface area (Å²) in [5.41, 5.74) is 0.936. The Hall–Kier alpha value is -2.22. The third kappa shape index (κ3) is 3.10. The summed E-state index contributed by atoms with van der Waals surface area (Å²) >= 11 is 0. The molecule has 2 rings (SSSR count). The van der Waals surface area contributed by atoms with Crippen LogP contribution >= 0.6 is 0 Å². The smallest absolute Gasteiger partial charge is 0.319 e. The van der Waals surface area contributed by atoms with E-state index in [9.17, 15) is 17.6 Å². The summed E-state index contributed by atoms with van der Waals surface area (Å²) in [4.78, 5) is 12.1. The fraction of sp³-hybridized carbons (Fsp3) is 0.231. The fourth-order valence-corrected chi connectivity index (χ4v) is 2.59. The molecule has 1 N–H and O–H groups in total. The van der Waals surface area contributed by atoms with Crippen LogP contribution in [0.2, 0.25) is 0 Å². The zero-order valence-corrected chi connectivity index (χ0v) is 12.5. The van der Waals surface area contributed by atoms with Gasteiger partial charge in [0.05, 0.1) is 17.0 Å². The quantitative estimate of drug-likeness (QED) is 0.901. The maximum Gasteiger partial charge on any atom is 0.344 e. The molecule has 0 atom stereocenters. The lowest BCUT2D eigenvalue weighted by molar-refractivity contribution is -0.112. The van der Waals surface area contributed by atoms with E-state index in [1.54, 1.807) is 13.0 Å². The Balaban J connectivity index is 2.30. The number of halogens is 1. The number of amides is 1. The molecule has 0 spiro atoms. The Morgan fingerprint density at radius 1 is 1.33 bits per heavy atom. The lowest BCUT2D eigenvalue weighted by Crippen LogP contribution is -2.30. The number of benzene rings is 1. The molecule has 0 fully saturated rings. The van der Waals surface area contributed by atoms with Gasteiger partial charge in [-0.1, -0.05) is 6.07 Å². The third-order valence-electron chi connectivity index (χ3n) is 2.93. The second-order valence-corrected chi connectivity index (χ2v) is 6.31. The van der Waals surface area contributed by atoms with Gasteiger partial charge in [0, 0.05) is 13.2 Å². The van der Waals surface area contributed by atoms with E-state index in [2.05, 4.69) is 9.71 Å². The Labute approximate surface area is 122 Å². The second kappa shape index (κ2) is 5.28. The summed E-state index contributed by atoms with van der Waals surface area (Å²) in [5.74, 6) is -1.19. The van der Waals surface area contributed by atoms with Crippen molar-refractivity contribution >= 4 is 27.5 Å². The van der Waals surface area contributed by atoms with Gasteiger partial charge < -0.3 is 5.32 Å². The highest BCUT2D eigenvalue weighted by atomic mass is 32.2. The van der Waals surface area contributed by atoms with Crippen LogP contribution in [-0.2, 0) is 15.0 Å². The molecule has 0 aromatic heterocycles. The van der Waals surface area contributed by atoms with E-state index in [4.69, 9.17) is 0 Å². The van der Waals surface area contributed by atoms with Gasteiger partial charge >= 0.3 is 10.2 Å². The summed E-state index contributed by atoms with van der Waals surface area (Å²) in [6, 6.07) is 4.32. The molecule has 0 radical (unpaired) electrons. The standard InChI is InChI=1S/C13H14FN3O3S/c1-8-4-5-11(14)12(6-8)15-13(18)10-7-17(3)21(19,20)16-9(10)2/h4-7H,1-3H3,(H,15,18). The first kappa shape index (κ1) is 15.2. The highest BCUT2D eigenvalue weighted by Crippen LogP contribution is 2.19. The highest BCUT2D eigenvalue weighted by molar-refractivity contribution is 7.88. The minimum atomic E-state index is -3.77. The molecule has 0 unspecified atom stereocenters. The fourth-order valence-electron chi connectivity index (χ4n) is 1.78. The molecule has 1 amide bonds. The monoisotopic (exact) mass is 311 g/mol. The number of hydrogen-bond acceptors (Lipinski definition) is 3. The van der Waals surface area contributed by atoms with Crippen molar-refractivity contribution in [3.05, 3.63) is 41.4 Å². The third-order valence-corrected chi connectivity index (χ3v) is 4.27. The minimum absolute atomic E-state index is 0.0322. The van der Waals surface area contributed by atoms with E-state index in [0.717, 1.165) is 16.1 Å². The van der Waals surface area contributed by atoms with Gasteiger partial charge in [0.2, 0.25) is 0 Å². The van der Waals surface area contributed by atoms with Crippen LogP contribution in [0.4, 0.5) is 10.1 Å². The van der Waals surface area contributed by atoms with Crippen LogP contribution in [0.5, 0.6) is 0 Å². The molecular formula is C13H14FN3O3S. The van der Waals surface area contributed by atoms with Crippen LogP contribution in [0.25, 0.3) is 0 Å². The first-order valence-electron chi connectivity index (χ1n) is 6.05. The first-order valence-corrected chi connectivity index (χ1v) is 7.44. The molecular weight excluding hydrogens is 297 g/mol. The molecule has 1 aliphatic heterocycles. The lowest BCUT2D eigenvalue weighted by Gasteiger charge is -2.19. The van der Waals surface area contributed by atoms with E-state index >= 15 is 0 Å². The van der Waals surface area contributed by atoms with Crippen LogP contribution < -0.4 is 5.32 Å². The summed E-state index contributed by atoms with van der Waals surface area (Å²) < 4.78 is 41.0. The van der Waals surface area contributed by atoms with Gasteiger partial charge in [-0.2, -0.15) is 8.42 Å². The molecule has 0 saturated carbocycles. The molecule has 6 nitrogen and oxygen atoms in total. The van der Waals surface area contributed by atoms with E-state index in [1.165, 1.54) is 26.1 Å². The maximum atomic E-state index is 13.6. The molecule has 0 saturated heterocycles. The van der Waals surface area contributed by atoms with Gasteiger partial charge in [0.25, 0.3) is 5.91 Å². The van der Waals surface area contributed by atoms with Crippen molar-refractivity contribution in [2.45, 2.75) is 13.8 Å². The predicted octanol–water partition coefficient (Wildman–Crippen LogP) is 1.61. The molecule has 0 aliphatic carbocycles. The van der Waals surface area contributed by atoms with E-state index in [0.29, 0.717) is 0 Å². The summed E-state index contributed by atoms with van der Waals surface area (Å²) in [5, 5.41) is 2.41. The molecule has 0 bridgehead atoms. The van der Waals surface area contributed by atoms with Crippen LogP contribution in [-0.4, -0.2) is 31.4 Å². The Morgan fingerprint density at radius 3 is 2.67 bits per heavy atom. The number of anilines is 1. The largest absolute Gasteiger partial charge is 0.344 e. The van der Waals surface area contributed by atoms with Crippen molar-refractivity contribution in [3.63, 3.8) is 0 Å². The molecule has 21 heavy (non-hydrogen) atoms. The molecule has 1 aromatic rings. The van der Waals surface area contributed by atoms with Gasteiger partial charge in [0.1, 0.15) is 5.82 Å². The van der Waals surface area contributed by atoms with Crippen molar-refractivity contribution in [1.82, 2.24) is 4.31 Å². The number of hydrogen-bond donors (Lipinski definition) is 1. The first-order chi connectivity index (χ1) is 9.70. The maximum absolute atomic E-state index is 13.6. The van der Waals surface area contributed by atoms with Gasteiger partial charge in [0.15, 0.2) is 0 Å². The molecule has 8 heteroatoms. The summed E-state index contributed by atoms with van der Waals surface area (Å²) in [6.45, 7) is 3.17. The molecule has 1 aromatic carbocycles. The van der Waals surface area contributed by atoms with E-state index in [1.807, 2.05) is 0 Å². The SMILES string of the molecule is CC1=NS(=O)(=O)N(C)C=C1C(=O)Nc1cc(C)ccc1F. The van der Waals surface area contributed by atoms with Crippen LogP contribution in [0.3, 0.4) is 0 Å². The molecule has 1 aliphatic rings.